The zero-order valence-corrected chi connectivity index (χ0v) is 12.3. The fraction of sp³-hybridized carbons (Fsp3) is 0.294. The van der Waals surface area contributed by atoms with E-state index in [1.54, 1.807) is 0 Å². The molecule has 2 aromatic rings. The molecule has 19 heavy (non-hydrogen) atoms. The molecule has 98 valence electrons. The molecule has 0 radical (unpaired) electrons. The molecule has 0 spiro atoms. The van der Waals surface area contributed by atoms with Crippen LogP contribution in [0.4, 0.5) is 5.69 Å². The second-order valence-corrected chi connectivity index (χ2v) is 5.94. The van der Waals surface area contributed by atoms with Gasteiger partial charge in [0.25, 0.3) is 0 Å². The van der Waals surface area contributed by atoms with Gasteiger partial charge in [-0.1, -0.05) is 29.8 Å². The minimum absolute atomic E-state index is 0.367. The van der Waals surface area contributed by atoms with E-state index in [4.69, 9.17) is 11.6 Å². The van der Waals surface area contributed by atoms with Crippen molar-refractivity contribution in [3.05, 3.63) is 63.2 Å². The minimum atomic E-state index is 0.367. The molecule has 2 aromatic carbocycles. The van der Waals surface area contributed by atoms with E-state index in [0.29, 0.717) is 6.04 Å². The van der Waals surface area contributed by atoms with Gasteiger partial charge in [0.15, 0.2) is 0 Å². The molecule has 2 heteroatoms. The Morgan fingerprint density at radius 3 is 2.53 bits per heavy atom. The van der Waals surface area contributed by atoms with Crippen molar-refractivity contribution in [2.75, 3.05) is 5.32 Å². The number of anilines is 1. The second-order valence-electron chi connectivity index (χ2n) is 5.50. The Kier molecular flexibility index (Phi) is 3.02. The number of nitrogens with one attached hydrogen (secondary N) is 1. The summed E-state index contributed by atoms with van der Waals surface area (Å²) in [6, 6.07) is 11.2. The van der Waals surface area contributed by atoms with Crippen molar-refractivity contribution in [3.8, 4) is 0 Å². The van der Waals surface area contributed by atoms with Gasteiger partial charge in [-0.05, 0) is 67.1 Å². The summed E-state index contributed by atoms with van der Waals surface area (Å²) in [5, 5.41) is 4.47. The van der Waals surface area contributed by atoms with Crippen molar-refractivity contribution in [1.29, 1.82) is 0 Å². The van der Waals surface area contributed by atoms with Crippen LogP contribution in [-0.4, -0.2) is 0 Å². The van der Waals surface area contributed by atoms with Gasteiger partial charge < -0.3 is 5.32 Å². The maximum atomic E-state index is 6.14. The van der Waals surface area contributed by atoms with E-state index in [1.165, 1.54) is 33.5 Å². The first kappa shape index (κ1) is 12.6. The highest BCUT2D eigenvalue weighted by molar-refractivity contribution is 6.30. The number of hydrogen-bond acceptors (Lipinski definition) is 1. The molecule has 1 aliphatic rings. The van der Waals surface area contributed by atoms with Gasteiger partial charge in [-0.15, -0.1) is 0 Å². The van der Waals surface area contributed by atoms with E-state index in [1.807, 2.05) is 6.07 Å². The fourth-order valence-electron chi connectivity index (χ4n) is 2.81. The maximum Gasteiger partial charge on any atom is 0.0555 e. The molecule has 1 nitrogen and oxygen atoms in total. The minimum Gasteiger partial charge on any atom is -0.377 e. The normalized spacial score (nSPS) is 17.2. The van der Waals surface area contributed by atoms with Gasteiger partial charge in [0, 0.05) is 10.7 Å². The van der Waals surface area contributed by atoms with Crippen LogP contribution in [0, 0.1) is 20.8 Å². The largest absolute Gasteiger partial charge is 0.377 e. The van der Waals surface area contributed by atoms with Crippen molar-refractivity contribution in [2.45, 2.75) is 33.2 Å². The Morgan fingerprint density at radius 1 is 1.00 bits per heavy atom. The lowest BCUT2D eigenvalue weighted by atomic mass is 9.98. The summed E-state index contributed by atoms with van der Waals surface area (Å²) in [7, 11) is 0. The van der Waals surface area contributed by atoms with E-state index < -0.39 is 0 Å². The van der Waals surface area contributed by atoms with Crippen LogP contribution >= 0.6 is 11.6 Å². The third-order valence-electron chi connectivity index (χ3n) is 4.06. The second kappa shape index (κ2) is 4.57. The molecular weight excluding hydrogens is 254 g/mol. The average molecular weight is 272 g/mol. The Morgan fingerprint density at radius 2 is 1.79 bits per heavy atom. The summed E-state index contributed by atoms with van der Waals surface area (Å²) in [6.07, 6.45) is 1.01. The Labute approximate surface area is 119 Å². The number of rotatable bonds is 1. The topological polar surface area (TPSA) is 12.0 Å². The van der Waals surface area contributed by atoms with E-state index in [9.17, 15) is 0 Å². The number of benzene rings is 2. The Bertz CT molecular complexity index is 646. The molecule has 0 saturated carbocycles. The molecule has 0 saturated heterocycles. The summed E-state index contributed by atoms with van der Waals surface area (Å²) in [5.41, 5.74) is 7.87. The molecule has 1 atom stereocenters. The van der Waals surface area contributed by atoms with E-state index in [2.05, 4.69) is 50.4 Å². The van der Waals surface area contributed by atoms with Gasteiger partial charge in [-0.3, -0.25) is 0 Å². The van der Waals surface area contributed by atoms with Crippen LogP contribution in [0.2, 0.25) is 5.02 Å². The van der Waals surface area contributed by atoms with Gasteiger partial charge in [-0.25, -0.2) is 0 Å². The molecular formula is C17H18ClN. The highest BCUT2D eigenvalue weighted by Gasteiger charge is 2.23. The molecule has 1 unspecified atom stereocenters. The van der Waals surface area contributed by atoms with Crippen molar-refractivity contribution < 1.29 is 0 Å². The Balaban J connectivity index is 1.95. The van der Waals surface area contributed by atoms with Crippen LogP contribution in [0.1, 0.15) is 33.9 Å². The highest BCUT2D eigenvalue weighted by Crippen LogP contribution is 2.38. The summed E-state index contributed by atoms with van der Waals surface area (Å²) < 4.78 is 0. The fourth-order valence-corrected chi connectivity index (χ4v) is 3.10. The molecule has 0 aromatic heterocycles. The van der Waals surface area contributed by atoms with Crippen molar-refractivity contribution in [3.63, 3.8) is 0 Å². The van der Waals surface area contributed by atoms with Crippen LogP contribution in [0.15, 0.2) is 30.3 Å². The van der Waals surface area contributed by atoms with Crippen molar-refractivity contribution in [2.24, 2.45) is 0 Å². The van der Waals surface area contributed by atoms with Crippen LogP contribution in [-0.2, 0) is 6.42 Å². The van der Waals surface area contributed by atoms with Gasteiger partial charge in [0.05, 0.1) is 6.04 Å². The predicted molar refractivity (Wildman–Crippen MR) is 82.2 cm³/mol. The third-order valence-corrected chi connectivity index (χ3v) is 4.28. The first-order valence-electron chi connectivity index (χ1n) is 6.67. The monoisotopic (exact) mass is 271 g/mol. The lowest BCUT2D eigenvalue weighted by Crippen LogP contribution is -2.06. The van der Waals surface area contributed by atoms with Crippen LogP contribution in [0.25, 0.3) is 0 Å². The number of hydrogen-bond donors (Lipinski definition) is 1. The van der Waals surface area contributed by atoms with Gasteiger partial charge in [-0.2, -0.15) is 0 Å². The Hall–Kier alpha value is -1.47. The zero-order valence-electron chi connectivity index (χ0n) is 11.5. The lowest BCUT2D eigenvalue weighted by molar-refractivity contribution is 0.822. The predicted octanol–water partition coefficient (Wildman–Crippen LogP) is 4.97. The molecule has 0 fully saturated rings. The van der Waals surface area contributed by atoms with E-state index in [0.717, 1.165) is 11.4 Å². The van der Waals surface area contributed by atoms with E-state index >= 15 is 0 Å². The van der Waals surface area contributed by atoms with Gasteiger partial charge in [0.1, 0.15) is 0 Å². The number of aryl methyl sites for hydroxylation is 3. The lowest BCUT2D eigenvalue weighted by Gasteiger charge is -2.14. The van der Waals surface area contributed by atoms with Gasteiger partial charge in [0.2, 0.25) is 0 Å². The first-order chi connectivity index (χ1) is 9.04. The highest BCUT2D eigenvalue weighted by atomic mass is 35.5. The molecule has 0 bridgehead atoms. The van der Waals surface area contributed by atoms with Crippen LogP contribution < -0.4 is 5.32 Å². The average Bonchev–Trinajstić information content (AvgIpc) is 2.76. The molecule has 0 aliphatic carbocycles. The quantitative estimate of drug-likeness (QED) is 0.772. The molecule has 1 heterocycles. The van der Waals surface area contributed by atoms with Crippen molar-refractivity contribution in [1.82, 2.24) is 0 Å². The molecule has 1 N–H and O–H groups in total. The summed E-state index contributed by atoms with van der Waals surface area (Å²) in [5.74, 6) is 0. The molecule has 1 aliphatic heterocycles. The SMILES string of the molecule is Cc1ccc(C2Cc3cc(Cl)cc(C)c3N2)cc1C. The van der Waals surface area contributed by atoms with Crippen molar-refractivity contribution >= 4 is 17.3 Å². The summed E-state index contributed by atoms with van der Waals surface area (Å²) in [6.45, 7) is 6.43. The maximum absolute atomic E-state index is 6.14. The number of halogens is 1. The number of fused-ring (bicyclic) bond motifs is 1. The van der Waals surface area contributed by atoms with Crippen LogP contribution in [0.3, 0.4) is 0 Å². The zero-order chi connectivity index (χ0) is 13.6. The molecule has 3 rings (SSSR count). The first-order valence-corrected chi connectivity index (χ1v) is 7.05. The summed E-state index contributed by atoms with van der Waals surface area (Å²) >= 11 is 6.14. The third kappa shape index (κ3) is 2.23. The standard InChI is InChI=1S/C17H18ClN/c1-10-4-5-13(6-11(10)2)16-9-14-8-15(18)7-12(3)17(14)19-16/h4-8,16,19H,9H2,1-3H3. The van der Waals surface area contributed by atoms with E-state index in [-0.39, 0.29) is 0 Å². The van der Waals surface area contributed by atoms with Crippen LogP contribution in [0.5, 0.6) is 0 Å². The smallest absolute Gasteiger partial charge is 0.0555 e. The van der Waals surface area contributed by atoms with Gasteiger partial charge >= 0.3 is 0 Å². The molecule has 0 amide bonds. The summed E-state index contributed by atoms with van der Waals surface area (Å²) in [4.78, 5) is 0.